The van der Waals surface area contributed by atoms with E-state index in [9.17, 15) is 9.59 Å². The van der Waals surface area contributed by atoms with Crippen LogP contribution in [0.4, 0.5) is 0 Å². The van der Waals surface area contributed by atoms with E-state index >= 15 is 0 Å². The molecule has 0 aliphatic carbocycles. The molecule has 0 atom stereocenters. The van der Waals surface area contributed by atoms with Gasteiger partial charge in [-0.2, -0.15) is 0 Å². The van der Waals surface area contributed by atoms with E-state index in [0.717, 1.165) is 5.69 Å². The predicted octanol–water partition coefficient (Wildman–Crippen LogP) is 1.55. The maximum atomic E-state index is 12.3. The van der Waals surface area contributed by atoms with Gasteiger partial charge in [0.2, 0.25) is 0 Å². The van der Waals surface area contributed by atoms with Crippen LogP contribution in [0.25, 0.3) is 6.08 Å². The number of aromatic nitrogens is 1. The lowest BCUT2D eigenvalue weighted by Crippen LogP contribution is -2.36. The van der Waals surface area contributed by atoms with Crippen molar-refractivity contribution in [3.05, 3.63) is 65.6 Å². The highest BCUT2D eigenvalue weighted by Gasteiger charge is 2.14. The highest BCUT2D eigenvalue weighted by Crippen LogP contribution is 2.05. The molecular weight excluding hydrogens is 294 g/mol. The van der Waals surface area contributed by atoms with Crippen molar-refractivity contribution in [2.45, 2.75) is 0 Å². The fourth-order valence-corrected chi connectivity index (χ4v) is 1.89. The van der Waals surface area contributed by atoms with E-state index in [0.29, 0.717) is 18.7 Å². The van der Waals surface area contributed by atoms with Crippen molar-refractivity contribution in [2.75, 3.05) is 20.3 Å². The van der Waals surface area contributed by atoms with Gasteiger partial charge < -0.3 is 20.4 Å². The van der Waals surface area contributed by atoms with Gasteiger partial charge in [0.25, 0.3) is 11.8 Å². The van der Waals surface area contributed by atoms with Crippen LogP contribution in [0, 0.1) is 0 Å². The van der Waals surface area contributed by atoms with Crippen molar-refractivity contribution in [2.24, 2.45) is 0 Å². The molecule has 1 aromatic heterocycles. The molecule has 0 unspecified atom stereocenters. The molecule has 1 aromatic carbocycles. The number of methoxy groups -OCH3 is 1. The van der Waals surface area contributed by atoms with Crippen LogP contribution in [0.5, 0.6) is 0 Å². The van der Waals surface area contributed by atoms with Gasteiger partial charge in [-0.05, 0) is 30.3 Å². The second-order valence-electron chi connectivity index (χ2n) is 4.75. The summed E-state index contributed by atoms with van der Waals surface area (Å²) in [4.78, 5) is 27.5. The topological polar surface area (TPSA) is 83.2 Å². The Balaban J connectivity index is 2.13. The van der Waals surface area contributed by atoms with Gasteiger partial charge in [-0.3, -0.25) is 9.59 Å². The fraction of sp³-hybridized carbons (Fsp3) is 0.176. The molecule has 0 bridgehead atoms. The van der Waals surface area contributed by atoms with E-state index in [4.69, 9.17) is 4.74 Å². The summed E-state index contributed by atoms with van der Waals surface area (Å²) in [6.45, 7) is 0.757. The second-order valence-corrected chi connectivity index (χ2v) is 4.75. The van der Waals surface area contributed by atoms with Crippen LogP contribution < -0.4 is 10.6 Å². The summed E-state index contributed by atoms with van der Waals surface area (Å²) in [5.41, 5.74) is 1.36. The highest BCUT2D eigenvalue weighted by molar-refractivity contribution is 6.05. The largest absolute Gasteiger partial charge is 0.383 e. The summed E-state index contributed by atoms with van der Waals surface area (Å²) in [7, 11) is 1.55. The molecule has 0 radical (unpaired) electrons. The molecule has 0 spiro atoms. The summed E-state index contributed by atoms with van der Waals surface area (Å²) in [6.07, 6.45) is 3.33. The Labute approximate surface area is 134 Å². The predicted molar refractivity (Wildman–Crippen MR) is 87.6 cm³/mol. The Bertz CT molecular complexity index is 664. The monoisotopic (exact) mass is 313 g/mol. The van der Waals surface area contributed by atoms with Gasteiger partial charge in [-0.25, -0.2) is 0 Å². The quantitative estimate of drug-likeness (QED) is 0.536. The van der Waals surface area contributed by atoms with Gasteiger partial charge in [-0.1, -0.05) is 18.2 Å². The number of hydrogen-bond acceptors (Lipinski definition) is 3. The molecule has 2 rings (SSSR count). The molecular formula is C17H19N3O3. The first-order valence-electron chi connectivity index (χ1n) is 7.19. The minimum atomic E-state index is -0.374. The SMILES string of the molecule is COCCNC(=O)/C(=C/c1ccc[nH]1)NC(=O)c1ccccc1. The van der Waals surface area contributed by atoms with Crippen molar-refractivity contribution in [1.29, 1.82) is 0 Å². The molecule has 1 heterocycles. The number of hydrogen-bond donors (Lipinski definition) is 3. The lowest BCUT2D eigenvalue weighted by molar-refractivity contribution is -0.117. The number of benzene rings is 1. The van der Waals surface area contributed by atoms with Crippen LogP contribution in [0.1, 0.15) is 16.1 Å². The maximum Gasteiger partial charge on any atom is 0.267 e. The second kappa shape index (κ2) is 8.55. The molecule has 0 fully saturated rings. The minimum absolute atomic E-state index is 0.164. The summed E-state index contributed by atoms with van der Waals surface area (Å²) in [5, 5.41) is 5.34. The van der Waals surface area contributed by atoms with E-state index in [1.807, 2.05) is 12.1 Å². The van der Waals surface area contributed by atoms with Gasteiger partial charge in [0.05, 0.1) is 6.61 Å². The number of carbonyl (C=O) groups is 2. The van der Waals surface area contributed by atoms with Crippen LogP contribution in [-0.2, 0) is 9.53 Å². The molecule has 0 aliphatic heterocycles. The minimum Gasteiger partial charge on any atom is -0.383 e. The Morgan fingerprint density at radius 1 is 1.17 bits per heavy atom. The van der Waals surface area contributed by atoms with Crippen molar-refractivity contribution < 1.29 is 14.3 Å². The van der Waals surface area contributed by atoms with E-state index < -0.39 is 0 Å². The molecule has 2 aromatic rings. The lowest BCUT2D eigenvalue weighted by Gasteiger charge is -2.10. The normalized spacial score (nSPS) is 11.1. The number of rotatable bonds is 7. The van der Waals surface area contributed by atoms with E-state index in [-0.39, 0.29) is 17.5 Å². The zero-order valence-corrected chi connectivity index (χ0v) is 12.8. The van der Waals surface area contributed by atoms with Gasteiger partial charge in [0.1, 0.15) is 5.70 Å². The number of carbonyl (C=O) groups excluding carboxylic acids is 2. The third-order valence-corrected chi connectivity index (χ3v) is 3.04. The van der Waals surface area contributed by atoms with Gasteiger partial charge in [-0.15, -0.1) is 0 Å². The zero-order valence-electron chi connectivity index (χ0n) is 12.8. The third kappa shape index (κ3) is 5.12. The molecule has 120 valence electrons. The van der Waals surface area contributed by atoms with Gasteiger partial charge in [0, 0.05) is 31.1 Å². The standard InChI is InChI=1S/C17H19N3O3/c1-23-11-10-19-17(22)15(12-14-8-5-9-18-14)20-16(21)13-6-3-2-4-7-13/h2-9,12,18H,10-11H2,1H3,(H,19,22)(H,20,21)/b15-12-. The Morgan fingerprint density at radius 2 is 1.96 bits per heavy atom. The first kappa shape index (κ1) is 16.5. The van der Waals surface area contributed by atoms with E-state index in [2.05, 4.69) is 15.6 Å². The van der Waals surface area contributed by atoms with Crippen molar-refractivity contribution in [3.63, 3.8) is 0 Å². The van der Waals surface area contributed by atoms with Crippen LogP contribution in [-0.4, -0.2) is 37.1 Å². The Hall–Kier alpha value is -2.86. The van der Waals surface area contributed by atoms with Crippen LogP contribution >= 0.6 is 0 Å². The van der Waals surface area contributed by atoms with Crippen LogP contribution in [0.2, 0.25) is 0 Å². The Kier molecular flexibility index (Phi) is 6.14. The van der Waals surface area contributed by atoms with Crippen LogP contribution in [0.15, 0.2) is 54.4 Å². The zero-order chi connectivity index (χ0) is 16.5. The third-order valence-electron chi connectivity index (χ3n) is 3.04. The molecule has 0 aliphatic rings. The maximum absolute atomic E-state index is 12.3. The molecule has 23 heavy (non-hydrogen) atoms. The number of ether oxygens (including phenoxy) is 1. The van der Waals surface area contributed by atoms with Crippen molar-refractivity contribution >= 4 is 17.9 Å². The molecule has 0 saturated heterocycles. The number of H-pyrrole nitrogens is 1. The van der Waals surface area contributed by atoms with Crippen molar-refractivity contribution in [3.8, 4) is 0 Å². The molecule has 3 N–H and O–H groups in total. The van der Waals surface area contributed by atoms with Crippen LogP contribution in [0.3, 0.4) is 0 Å². The summed E-state index contributed by atoms with van der Waals surface area (Å²) in [5.74, 6) is -0.716. The van der Waals surface area contributed by atoms with E-state index in [1.165, 1.54) is 0 Å². The average molecular weight is 313 g/mol. The van der Waals surface area contributed by atoms with Crippen molar-refractivity contribution in [1.82, 2.24) is 15.6 Å². The summed E-state index contributed by atoms with van der Waals surface area (Å²) >= 11 is 0. The average Bonchev–Trinajstić information content (AvgIpc) is 3.08. The molecule has 0 saturated carbocycles. The van der Waals surface area contributed by atoms with E-state index in [1.54, 1.807) is 49.7 Å². The number of amides is 2. The number of aromatic amines is 1. The summed E-state index contributed by atoms with van der Waals surface area (Å²) < 4.78 is 4.90. The summed E-state index contributed by atoms with van der Waals surface area (Å²) in [6, 6.07) is 12.3. The first-order chi connectivity index (χ1) is 11.2. The number of nitrogens with one attached hydrogen (secondary N) is 3. The Morgan fingerprint density at radius 3 is 2.61 bits per heavy atom. The first-order valence-corrected chi connectivity index (χ1v) is 7.19. The highest BCUT2D eigenvalue weighted by atomic mass is 16.5. The van der Waals surface area contributed by atoms with Gasteiger partial charge in [0.15, 0.2) is 0 Å². The van der Waals surface area contributed by atoms with Gasteiger partial charge >= 0.3 is 0 Å². The molecule has 2 amide bonds. The molecule has 6 nitrogen and oxygen atoms in total. The molecule has 6 heteroatoms. The smallest absolute Gasteiger partial charge is 0.267 e. The fourth-order valence-electron chi connectivity index (χ4n) is 1.89. The lowest BCUT2D eigenvalue weighted by atomic mass is 10.2.